The fraction of sp³-hybridized carbons (Fsp3) is 0.235. The smallest absolute Gasteiger partial charge is 0.251 e. The highest BCUT2D eigenvalue weighted by Crippen LogP contribution is 2.18. The number of aromatic nitrogens is 5. The number of nitrogens with one attached hydrogen (secondary N) is 1. The molecule has 0 fully saturated rings. The van der Waals surface area contributed by atoms with E-state index >= 15 is 0 Å². The van der Waals surface area contributed by atoms with Gasteiger partial charge in [0, 0.05) is 24.1 Å². The lowest BCUT2D eigenvalue weighted by atomic mass is 10.1. The van der Waals surface area contributed by atoms with E-state index in [9.17, 15) is 4.79 Å². The standard InChI is InChI=1S/C17H17N7O/c18-14-9-19-8-13(21-14)11-3-1-4-12(7-11)17(25)20-10-16-23-22-15-5-2-6-24(15)16/h1,3-4,7-9H,2,5-6,10H2,(H2,18,21)(H,20,25). The normalized spacial score (nSPS) is 12.8. The van der Waals surface area contributed by atoms with Crippen LogP contribution in [-0.4, -0.2) is 30.6 Å². The monoisotopic (exact) mass is 335 g/mol. The Kier molecular flexibility index (Phi) is 3.85. The third kappa shape index (κ3) is 3.06. The van der Waals surface area contributed by atoms with Crippen molar-refractivity contribution in [3.8, 4) is 11.3 Å². The van der Waals surface area contributed by atoms with Gasteiger partial charge in [0.15, 0.2) is 5.82 Å². The fourth-order valence-corrected chi connectivity index (χ4v) is 2.94. The van der Waals surface area contributed by atoms with Crippen LogP contribution in [0.25, 0.3) is 11.3 Å². The molecule has 1 aliphatic rings. The van der Waals surface area contributed by atoms with Crippen molar-refractivity contribution in [2.45, 2.75) is 25.9 Å². The van der Waals surface area contributed by atoms with E-state index in [1.54, 1.807) is 18.3 Å². The van der Waals surface area contributed by atoms with Crippen molar-refractivity contribution in [1.82, 2.24) is 30.0 Å². The van der Waals surface area contributed by atoms with E-state index in [0.717, 1.165) is 36.6 Å². The first-order chi connectivity index (χ1) is 12.2. The summed E-state index contributed by atoms with van der Waals surface area (Å²) in [5.41, 5.74) is 7.63. The van der Waals surface area contributed by atoms with Crippen LogP contribution in [0, 0.1) is 0 Å². The van der Waals surface area contributed by atoms with E-state index < -0.39 is 0 Å². The maximum absolute atomic E-state index is 12.5. The van der Waals surface area contributed by atoms with Gasteiger partial charge in [-0.2, -0.15) is 0 Å². The zero-order chi connectivity index (χ0) is 17.2. The molecule has 0 aliphatic carbocycles. The largest absolute Gasteiger partial charge is 0.382 e. The Balaban J connectivity index is 1.49. The molecule has 3 aromatic rings. The summed E-state index contributed by atoms with van der Waals surface area (Å²) in [4.78, 5) is 20.7. The topological polar surface area (TPSA) is 112 Å². The summed E-state index contributed by atoms with van der Waals surface area (Å²) in [6.45, 7) is 1.27. The number of aryl methyl sites for hydroxylation is 1. The highest BCUT2D eigenvalue weighted by atomic mass is 16.1. The molecule has 0 bridgehead atoms. The molecule has 4 rings (SSSR count). The second kappa shape index (κ2) is 6.31. The first-order valence-corrected chi connectivity index (χ1v) is 8.08. The SMILES string of the molecule is Nc1cncc(-c2cccc(C(=O)NCc3nnc4n3CCC4)c2)n1. The quantitative estimate of drug-likeness (QED) is 0.741. The molecule has 0 unspecified atom stereocenters. The number of anilines is 1. The summed E-state index contributed by atoms with van der Waals surface area (Å²) in [5, 5.41) is 11.2. The fourth-order valence-electron chi connectivity index (χ4n) is 2.94. The van der Waals surface area contributed by atoms with Gasteiger partial charge in [0.25, 0.3) is 5.91 Å². The molecule has 8 nitrogen and oxygen atoms in total. The number of nitrogens with two attached hydrogens (primary N) is 1. The maximum atomic E-state index is 12.5. The number of carbonyl (C=O) groups is 1. The van der Waals surface area contributed by atoms with Gasteiger partial charge >= 0.3 is 0 Å². The highest BCUT2D eigenvalue weighted by Gasteiger charge is 2.17. The summed E-state index contributed by atoms with van der Waals surface area (Å²) < 4.78 is 2.07. The van der Waals surface area contributed by atoms with Crippen molar-refractivity contribution in [3.05, 3.63) is 53.9 Å². The number of rotatable bonds is 4. The molecule has 0 saturated carbocycles. The van der Waals surface area contributed by atoms with Crippen molar-refractivity contribution in [2.75, 3.05) is 5.73 Å². The van der Waals surface area contributed by atoms with Gasteiger partial charge in [-0.25, -0.2) is 4.98 Å². The maximum Gasteiger partial charge on any atom is 0.251 e. The van der Waals surface area contributed by atoms with Gasteiger partial charge < -0.3 is 15.6 Å². The van der Waals surface area contributed by atoms with Crippen LogP contribution in [0.5, 0.6) is 0 Å². The molecule has 3 heterocycles. The summed E-state index contributed by atoms with van der Waals surface area (Å²) in [6.07, 6.45) is 5.13. The van der Waals surface area contributed by atoms with Gasteiger partial charge in [-0.3, -0.25) is 9.78 Å². The molecular weight excluding hydrogens is 318 g/mol. The Morgan fingerprint density at radius 2 is 2.20 bits per heavy atom. The number of carbonyl (C=O) groups excluding carboxylic acids is 1. The van der Waals surface area contributed by atoms with Gasteiger partial charge in [0.05, 0.1) is 24.6 Å². The number of nitrogen functional groups attached to an aromatic ring is 1. The zero-order valence-electron chi connectivity index (χ0n) is 13.5. The molecule has 8 heteroatoms. The number of fused-ring (bicyclic) bond motifs is 1. The molecule has 0 atom stereocenters. The lowest BCUT2D eigenvalue weighted by Gasteiger charge is -2.07. The number of hydrogen-bond donors (Lipinski definition) is 2. The predicted molar refractivity (Wildman–Crippen MR) is 91.4 cm³/mol. The molecule has 25 heavy (non-hydrogen) atoms. The van der Waals surface area contributed by atoms with Gasteiger partial charge in [-0.05, 0) is 18.6 Å². The Hall–Kier alpha value is -3.29. The average Bonchev–Trinajstić information content (AvgIpc) is 3.24. The number of benzene rings is 1. The van der Waals surface area contributed by atoms with Crippen LogP contribution >= 0.6 is 0 Å². The van der Waals surface area contributed by atoms with Crippen molar-refractivity contribution in [3.63, 3.8) is 0 Å². The Morgan fingerprint density at radius 1 is 1.28 bits per heavy atom. The van der Waals surface area contributed by atoms with Crippen molar-refractivity contribution >= 4 is 11.7 Å². The van der Waals surface area contributed by atoms with Crippen LogP contribution in [0.1, 0.15) is 28.4 Å². The minimum atomic E-state index is -0.172. The zero-order valence-corrected chi connectivity index (χ0v) is 13.5. The van der Waals surface area contributed by atoms with Crippen LogP contribution in [0.15, 0.2) is 36.7 Å². The molecule has 3 N–H and O–H groups in total. The van der Waals surface area contributed by atoms with Gasteiger partial charge in [0.1, 0.15) is 11.6 Å². The van der Waals surface area contributed by atoms with E-state index in [4.69, 9.17) is 5.73 Å². The molecule has 0 saturated heterocycles. The van der Waals surface area contributed by atoms with Crippen LogP contribution in [0.4, 0.5) is 5.82 Å². The molecule has 1 amide bonds. The van der Waals surface area contributed by atoms with Crippen LogP contribution < -0.4 is 11.1 Å². The van der Waals surface area contributed by atoms with Gasteiger partial charge in [-0.1, -0.05) is 12.1 Å². The third-order valence-corrected chi connectivity index (χ3v) is 4.17. The first kappa shape index (κ1) is 15.3. The van der Waals surface area contributed by atoms with E-state index in [1.165, 1.54) is 6.20 Å². The van der Waals surface area contributed by atoms with Gasteiger partial charge in [0.2, 0.25) is 0 Å². The minimum absolute atomic E-state index is 0.172. The molecule has 126 valence electrons. The highest BCUT2D eigenvalue weighted by molar-refractivity contribution is 5.95. The number of amides is 1. The van der Waals surface area contributed by atoms with E-state index in [0.29, 0.717) is 23.6 Å². The Morgan fingerprint density at radius 3 is 3.08 bits per heavy atom. The molecule has 0 radical (unpaired) electrons. The molecular formula is C17H17N7O. The average molecular weight is 335 g/mol. The lowest BCUT2D eigenvalue weighted by molar-refractivity contribution is 0.0949. The predicted octanol–water partition coefficient (Wildman–Crippen LogP) is 1.19. The molecule has 2 aromatic heterocycles. The lowest BCUT2D eigenvalue weighted by Crippen LogP contribution is -2.24. The first-order valence-electron chi connectivity index (χ1n) is 8.08. The van der Waals surface area contributed by atoms with Crippen LogP contribution in [-0.2, 0) is 19.5 Å². The summed E-state index contributed by atoms with van der Waals surface area (Å²) in [7, 11) is 0. The molecule has 1 aliphatic heterocycles. The van der Waals surface area contributed by atoms with Crippen LogP contribution in [0.2, 0.25) is 0 Å². The van der Waals surface area contributed by atoms with Crippen molar-refractivity contribution in [2.24, 2.45) is 0 Å². The van der Waals surface area contributed by atoms with E-state index in [2.05, 4.69) is 30.0 Å². The summed E-state index contributed by atoms with van der Waals surface area (Å²) in [6, 6.07) is 7.20. The van der Waals surface area contributed by atoms with Crippen molar-refractivity contribution in [1.29, 1.82) is 0 Å². The second-order valence-electron chi connectivity index (χ2n) is 5.88. The Labute approximate surface area is 144 Å². The van der Waals surface area contributed by atoms with Gasteiger partial charge in [-0.15, -0.1) is 10.2 Å². The van der Waals surface area contributed by atoms with E-state index in [-0.39, 0.29) is 5.91 Å². The number of hydrogen-bond acceptors (Lipinski definition) is 6. The number of nitrogens with zero attached hydrogens (tertiary/aromatic N) is 5. The third-order valence-electron chi connectivity index (χ3n) is 4.17. The minimum Gasteiger partial charge on any atom is -0.382 e. The van der Waals surface area contributed by atoms with Crippen LogP contribution in [0.3, 0.4) is 0 Å². The molecule has 0 spiro atoms. The molecule has 1 aromatic carbocycles. The summed E-state index contributed by atoms with van der Waals surface area (Å²) in [5.74, 6) is 1.95. The van der Waals surface area contributed by atoms with E-state index in [1.807, 2.05) is 12.1 Å². The summed E-state index contributed by atoms with van der Waals surface area (Å²) >= 11 is 0. The van der Waals surface area contributed by atoms with Crippen molar-refractivity contribution < 1.29 is 4.79 Å². The second-order valence-corrected chi connectivity index (χ2v) is 5.88. The Bertz CT molecular complexity index is 934.